The van der Waals surface area contributed by atoms with E-state index in [-0.39, 0.29) is 11.6 Å². The smallest absolute Gasteiger partial charge is 0.342 e. The number of fused-ring (bicyclic) bond motifs is 1. The van der Waals surface area contributed by atoms with Crippen LogP contribution in [0.1, 0.15) is 10.4 Å². The molecule has 7 nitrogen and oxygen atoms in total. The van der Waals surface area contributed by atoms with Gasteiger partial charge in [0.05, 0.1) is 0 Å². The molecule has 0 atom stereocenters. The van der Waals surface area contributed by atoms with Crippen LogP contribution in [-0.2, 0) is 0 Å². The normalized spacial score (nSPS) is 10.7. The van der Waals surface area contributed by atoms with E-state index < -0.39 is 17.3 Å². The Labute approximate surface area is 111 Å². The van der Waals surface area contributed by atoms with Crippen molar-refractivity contribution in [1.29, 1.82) is 0 Å². The lowest BCUT2D eigenvalue weighted by molar-refractivity contribution is 0.0689. The highest BCUT2D eigenvalue weighted by atomic mass is 19.1. The van der Waals surface area contributed by atoms with Crippen LogP contribution in [0.4, 0.5) is 4.39 Å². The molecule has 0 amide bonds. The number of rotatable bonds is 3. The van der Waals surface area contributed by atoms with Gasteiger partial charge < -0.3 is 9.84 Å². The fourth-order valence-corrected chi connectivity index (χ4v) is 1.71. The molecule has 0 spiro atoms. The maximum atomic E-state index is 13.5. The summed E-state index contributed by atoms with van der Waals surface area (Å²) in [5.74, 6) is -2.42. The standard InChI is InChI=1S/C12H7FN4O3/c13-7-2-1-3-8(9(7)12(18)19)20-11-10-16-15-6-17(10)5-4-14-11/h1-6H,(H,18,19). The Hall–Kier alpha value is -3.03. The number of aromatic nitrogens is 4. The van der Waals surface area contributed by atoms with Crippen LogP contribution in [0.2, 0.25) is 0 Å². The van der Waals surface area contributed by atoms with E-state index in [1.165, 1.54) is 24.7 Å². The first-order chi connectivity index (χ1) is 9.66. The number of ether oxygens (including phenoxy) is 1. The molecule has 2 heterocycles. The zero-order valence-electron chi connectivity index (χ0n) is 9.89. The number of carboxylic acid groups (broad SMARTS) is 1. The fourth-order valence-electron chi connectivity index (χ4n) is 1.71. The first kappa shape index (κ1) is 12.0. The van der Waals surface area contributed by atoms with Gasteiger partial charge in [-0.3, -0.25) is 4.40 Å². The van der Waals surface area contributed by atoms with Crippen molar-refractivity contribution in [3.8, 4) is 11.6 Å². The number of hydrogen-bond acceptors (Lipinski definition) is 5. The number of carboxylic acids is 1. The van der Waals surface area contributed by atoms with Crippen molar-refractivity contribution in [3.63, 3.8) is 0 Å². The van der Waals surface area contributed by atoms with Gasteiger partial charge in [0.2, 0.25) is 5.65 Å². The average molecular weight is 274 g/mol. The van der Waals surface area contributed by atoms with Crippen molar-refractivity contribution in [2.45, 2.75) is 0 Å². The third-order valence-electron chi connectivity index (χ3n) is 2.58. The summed E-state index contributed by atoms with van der Waals surface area (Å²) >= 11 is 0. The molecule has 0 fully saturated rings. The van der Waals surface area contributed by atoms with Crippen molar-refractivity contribution >= 4 is 11.6 Å². The monoisotopic (exact) mass is 274 g/mol. The van der Waals surface area contributed by atoms with Crippen molar-refractivity contribution in [3.05, 3.63) is 48.3 Å². The molecular formula is C12H7FN4O3. The molecule has 1 N–H and O–H groups in total. The lowest BCUT2D eigenvalue weighted by Crippen LogP contribution is -2.04. The summed E-state index contributed by atoms with van der Waals surface area (Å²) in [4.78, 5) is 15.0. The zero-order chi connectivity index (χ0) is 14.1. The lowest BCUT2D eigenvalue weighted by atomic mass is 10.2. The van der Waals surface area contributed by atoms with Crippen LogP contribution < -0.4 is 4.74 Å². The SMILES string of the molecule is O=C(O)c1c(F)cccc1Oc1nccn2cnnc12. The summed E-state index contributed by atoms with van der Waals surface area (Å²) in [5.41, 5.74) is -0.260. The second-order valence-corrected chi connectivity index (χ2v) is 3.81. The maximum Gasteiger partial charge on any atom is 0.342 e. The number of aromatic carboxylic acids is 1. The quantitative estimate of drug-likeness (QED) is 0.782. The minimum atomic E-state index is -1.42. The Morgan fingerprint density at radius 2 is 2.25 bits per heavy atom. The molecule has 3 aromatic rings. The van der Waals surface area contributed by atoms with Gasteiger partial charge in [-0.25, -0.2) is 14.2 Å². The van der Waals surface area contributed by atoms with Crippen LogP contribution in [0.5, 0.6) is 11.6 Å². The molecule has 0 aliphatic carbocycles. The number of nitrogens with zero attached hydrogens (tertiary/aromatic N) is 4. The van der Waals surface area contributed by atoms with Gasteiger partial charge >= 0.3 is 5.97 Å². The molecule has 1 aromatic carbocycles. The second-order valence-electron chi connectivity index (χ2n) is 3.81. The minimum absolute atomic E-state index is 0.0399. The number of hydrogen-bond donors (Lipinski definition) is 1. The first-order valence-corrected chi connectivity index (χ1v) is 5.51. The molecule has 20 heavy (non-hydrogen) atoms. The largest absolute Gasteiger partial charge is 0.477 e. The van der Waals surface area contributed by atoms with E-state index in [9.17, 15) is 9.18 Å². The van der Waals surface area contributed by atoms with Gasteiger partial charge in [0.15, 0.2) is 0 Å². The van der Waals surface area contributed by atoms with Gasteiger partial charge in [-0.2, -0.15) is 0 Å². The summed E-state index contributed by atoms with van der Waals surface area (Å²) in [6.45, 7) is 0. The van der Waals surface area contributed by atoms with Crippen LogP contribution >= 0.6 is 0 Å². The summed E-state index contributed by atoms with van der Waals surface area (Å²) in [6.07, 6.45) is 4.48. The Morgan fingerprint density at radius 1 is 1.40 bits per heavy atom. The Kier molecular flexibility index (Phi) is 2.75. The van der Waals surface area contributed by atoms with Gasteiger partial charge in [0.1, 0.15) is 23.5 Å². The first-order valence-electron chi connectivity index (χ1n) is 5.51. The van der Waals surface area contributed by atoms with Crippen LogP contribution in [0.15, 0.2) is 36.9 Å². The van der Waals surface area contributed by atoms with E-state index in [0.717, 1.165) is 6.07 Å². The molecule has 8 heteroatoms. The van der Waals surface area contributed by atoms with Gasteiger partial charge in [0, 0.05) is 12.4 Å². The molecule has 0 aliphatic heterocycles. The Morgan fingerprint density at radius 3 is 3.05 bits per heavy atom. The fraction of sp³-hybridized carbons (Fsp3) is 0. The van der Waals surface area contributed by atoms with Gasteiger partial charge in [-0.05, 0) is 12.1 Å². The Bertz CT molecular complexity index is 802. The molecule has 0 unspecified atom stereocenters. The molecule has 0 saturated heterocycles. The van der Waals surface area contributed by atoms with E-state index in [4.69, 9.17) is 9.84 Å². The van der Waals surface area contributed by atoms with Crippen molar-refractivity contribution < 1.29 is 19.0 Å². The van der Waals surface area contributed by atoms with E-state index in [2.05, 4.69) is 15.2 Å². The van der Waals surface area contributed by atoms with Gasteiger partial charge in [-0.15, -0.1) is 10.2 Å². The molecule has 0 aliphatic rings. The average Bonchev–Trinajstić information content (AvgIpc) is 2.87. The third-order valence-corrected chi connectivity index (χ3v) is 2.58. The number of carbonyl (C=O) groups is 1. The van der Waals surface area contributed by atoms with Crippen molar-refractivity contribution in [1.82, 2.24) is 19.6 Å². The molecule has 100 valence electrons. The van der Waals surface area contributed by atoms with Crippen molar-refractivity contribution in [2.24, 2.45) is 0 Å². The summed E-state index contributed by atoms with van der Waals surface area (Å²) in [7, 11) is 0. The topological polar surface area (TPSA) is 89.6 Å². The molecule has 0 radical (unpaired) electrons. The van der Waals surface area contributed by atoms with Crippen LogP contribution in [-0.4, -0.2) is 30.7 Å². The lowest BCUT2D eigenvalue weighted by Gasteiger charge is -2.08. The van der Waals surface area contributed by atoms with Gasteiger partial charge in [0.25, 0.3) is 5.88 Å². The predicted octanol–water partition coefficient (Wildman–Crippen LogP) is 1.75. The third kappa shape index (κ3) is 1.92. The molecule has 0 saturated carbocycles. The summed E-state index contributed by atoms with van der Waals surface area (Å²) in [6, 6.07) is 3.73. The Balaban J connectivity index is 2.10. The summed E-state index contributed by atoms with van der Waals surface area (Å²) < 4.78 is 20.5. The molecule has 2 aromatic heterocycles. The number of benzene rings is 1. The summed E-state index contributed by atoms with van der Waals surface area (Å²) in [5, 5.41) is 16.5. The highest BCUT2D eigenvalue weighted by molar-refractivity contribution is 5.91. The second kappa shape index (κ2) is 4.57. The molecule has 3 rings (SSSR count). The highest BCUT2D eigenvalue weighted by Gasteiger charge is 2.19. The van der Waals surface area contributed by atoms with E-state index in [1.807, 2.05) is 0 Å². The van der Waals surface area contributed by atoms with Crippen LogP contribution in [0.3, 0.4) is 0 Å². The van der Waals surface area contributed by atoms with E-state index >= 15 is 0 Å². The van der Waals surface area contributed by atoms with Crippen molar-refractivity contribution in [2.75, 3.05) is 0 Å². The number of halogens is 1. The van der Waals surface area contributed by atoms with Crippen LogP contribution in [0.25, 0.3) is 5.65 Å². The van der Waals surface area contributed by atoms with E-state index in [0.29, 0.717) is 5.65 Å². The maximum absolute atomic E-state index is 13.5. The highest BCUT2D eigenvalue weighted by Crippen LogP contribution is 2.27. The zero-order valence-corrected chi connectivity index (χ0v) is 9.89. The predicted molar refractivity (Wildman–Crippen MR) is 64.2 cm³/mol. The molecule has 0 bridgehead atoms. The van der Waals surface area contributed by atoms with Gasteiger partial charge in [-0.1, -0.05) is 6.07 Å². The van der Waals surface area contributed by atoms with E-state index in [1.54, 1.807) is 10.6 Å². The van der Waals surface area contributed by atoms with Crippen LogP contribution in [0, 0.1) is 5.82 Å². The molecular weight excluding hydrogens is 267 g/mol. The minimum Gasteiger partial charge on any atom is -0.477 e.